The number of carbonyl (C=O) groups excluding carboxylic acids is 1. The quantitative estimate of drug-likeness (QED) is 0.348. The van der Waals surface area contributed by atoms with E-state index in [9.17, 15) is 4.79 Å². The number of nitrogens with two attached hydrogens (primary N) is 1. The summed E-state index contributed by atoms with van der Waals surface area (Å²) in [5.74, 6) is 0.371. The van der Waals surface area contributed by atoms with Gasteiger partial charge in [0.1, 0.15) is 0 Å². The first-order valence-electron chi connectivity index (χ1n) is 7.37. The Kier molecular flexibility index (Phi) is 4.32. The van der Waals surface area contributed by atoms with E-state index in [-0.39, 0.29) is 23.2 Å². The van der Waals surface area contributed by atoms with Gasteiger partial charge in [-0.05, 0) is 32.1 Å². The molecule has 3 N–H and O–H groups in total. The topological polar surface area (TPSA) is 78.9 Å². The molecule has 1 aliphatic heterocycles. The first-order valence-corrected chi connectivity index (χ1v) is 7.37. The minimum absolute atomic E-state index is 0.174. The van der Waals surface area contributed by atoms with Crippen LogP contribution in [0.5, 0.6) is 0 Å². The summed E-state index contributed by atoms with van der Waals surface area (Å²) in [6.07, 6.45) is 8.26. The molecule has 5 nitrogen and oxygen atoms in total. The molecule has 2 rings (SSSR count). The third-order valence-electron chi connectivity index (χ3n) is 4.69. The maximum atomic E-state index is 12.8. The second-order valence-electron chi connectivity index (χ2n) is 6.16. The minimum atomic E-state index is -0.246. The fraction of sp³-hybridized carbons (Fsp3) is 0.857. The van der Waals surface area contributed by atoms with Gasteiger partial charge in [0, 0.05) is 12.0 Å². The summed E-state index contributed by atoms with van der Waals surface area (Å²) in [7, 11) is 0. The molecule has 1 saturated carbocycles. The predicted molar refractivity (Wildman–Crippen MR) is 74.0 cm³/mol. The highest BCUT2D eigenvalue weighted by atomic mass is 16.4. The maximum Gasteiger partial charge on any atom is 0.229 e. The maximum absolute atomic E-state index is 12.8. The lowest BCUT2D eigenvalue weighted by molar-refractivity contribution is -0.145. The minimum Gasteiger partial charge on any atom is -0.409 e. The van der Waals surface area contributed by atoms with Gasteiger partial charge < -0.3 is 15.8 Å². The van der Waals surface area contributed by atoms with Crippen molar-refractivity contribution in [1.29, 1.82) is 0 Å². The first-order chi connectivity index (χ1) is 9.08. The molecule has 2 aliphatic rings. The average Bonchev–Trinajstić information content (AvgIpc) is 2.46. The molecule has 0 aromatic carbocycles. The van der Waals surface area contributed by atoms with Gasteiger partial charge in [0.25, 0.3) is 0 Å². The van der Waals surface area contributed by atoms with Crippen molar-refractivity contribution >= 4 is 11.7 Å². The van der Waals surface area contributed by atoms with Crippen molar-refractivity contribution in [2.75, 3.05) is 6.54 Å². The van der Waals surface area contributed by atoms with Crippen molar-refractivity contribution in [3.8, 4) is 0 Å². The number of nitrogens with zero attached hydrogens (tertiary/aromatic N) is 2. The molecule has 0 aromatic rings. The van der Waals surface area contributed by atoms with Gasteiger partial charge in [0.15, 0.2) is 5.84 Å². The highest BCUT2D eigenvalue weighted by Gasteiger charge is 2.41. The Bertz CT molecular complexity index is 362. The van der Waals surface area contributed by atoms with Gasteiger partial charge in [-0.3, -0.25) is 4.79 Å². The van der Waals surface area contributed by atoms with Gasteiger partial charge in [0.05, 0.1) is 6.04 Å². The van der Waals surface area contributed by atoms with E-state index in [2.05, 4.69) is 12.1 Å². The number of amides is 1. The third kappa shape index (κ3) is 2.85. The number of hydrogen-bond donors (Lipinski definition) is 2. The highest BCUT2D eigenvalue weighted by Crippen LogP contribution is 2.38. The molecule has 0 aromatic heterocycles. The Morgan fingerprint density at radius 1 is 1.26 bits per heavy atom. The van der Waals surface area contributed by atoms with Gasteiger partial charge >= 0.3 is 0 Å². The van der Waals surface area contributed by atoms with Crippen molar-refractivity contribution < 1.29 is 10.0 Å². The molecule has 0 bridgehead atoms. The van der Waals surface area contributed by atoms with Gasteiger partial charge in [-0.1, -0.05) is 31.3 Å². The molecular weight excluding hydrogens is 242 g/mol. The molecule has 5 heteroatoms. The Balaban J connectivity index is 2.15. The van der Waals surface area contributed by atoms with Crippen molar-refractivity contribution in [3.63, 3.8) is 0 Å². The smallest absolute Gasteiger partial charge is 0.229 e. The van der Waals surface area contributed by atoms with Crippen LogP contribution in [0.3, 0.4) is 0 Å². The largest absolute Gasteiger partial charge is 0.409 e. The predicted octanol–water partition coefficient (Wildman–Crippen LogP) is 2.08. The number of likely N-dealkylation sites (tertiary alicyclic amines) is 1. The number of hydrogen-bond acceptors (Lipinski definition) is 3. The van der Waals surface area contributed by atoms with Crippen LogP contribution in [0.15, 0.2) is 5.16 Å². The van der Waals surface area contributed by atoms with Crippen LogP contribution in [-0.4, -0.2) is 34.4 Å². The summed E-state index contributed by atoms with van der Waals surface area (Å²) in [5.41, 5.74) is 5.51. The van der Waals surface area contributed by atoms with Crippen LogP contribution >= 0.6 is 0 Å². The van der Waals surface area contributed by atoms with Crippen LogP contribution in [0.1, 0.15) is 58.3 Å². The molecule has 1 atom stereocenters. The third-order valence-corrected chi connectivity index (χ3v) is 4.69. The second-order valence-corrected chi connectivity index (χ2v) is 6.16. The van der Waals surface area contributed by atoms with Crippen LogP contribution < -0.4 is 5.73 Å². The number of carbonyl (C=O) groups is 1. The molecule has 108 valence electrons. The molecule has 1 amide bonds. The van der Waals surface area contributed by atoms with E-state index in [4.69, 9.17) is 10.9 Å². The van der Waals surface area contributed by atoms with E-state index in [0.29, 0.717) is 0 Å². The molecule has 1 unspecified atom stereocenters. The summed E-state index contributed by atoms with van der Waals surface area (Å²) >= 11 is 0. The average molecular weight is 267 g/mol. The molecule has 1 heterocycles. The van der Waals surface area contributed by atoms with Crippen LogP contribution in [0, 0.1) is 5.41 Å². The molecule has 0 radical (unpaired) electrons. The zero-order valence-corrected chi connectivity index (χ0v) is 11.8. The van der Waals surface area contributed by atoms with E-state index in [1.807, 2.05) is 4.90 Å². The normalized spacial score (nSPS) is 28.2. The Morgan fingerprint density at radius 2 is 1.95 bits per heavy atom. The summed E-state index contributed by atoms with van der Waals surface area (Å²) in [6, 6.07) is -0.218. The Labute approximate surface area is 114 Å². The fourth-order valence-corrected chi connectivity index (χ4v) is 3.44. The number of rotatable bonds is 2. The number of amidine groups is 1. The summed E-state index contributed by atoms with van der Waals surface area (Å²) in [4.78, 5) is 14.7. The fourth-order valence-electron chi connectivity index (χ4n) is 3.44. The van der Waals surface area contributed by atoms with Crippen LogP contribution in [0.25, 0.3) is 0 Å². The van der Waals surface area contributed by atoms with Crippen LogP contribution in [0.2, 0.25) is 0 Å². The van der Waals surface area contributed by atoms with E-state index in [1.54, 1.807) is 0 Å². The summed E-state index contributed by atoms with van der Waals surface area (Å²) in [6.45, 7) is 2.81. The monoisotopic (exact) mass is 267 g/mol. The lowest BCUT2D eigenvalue weighted by Gasteiger charge is -2.42. The standard InChI is InChI=1S/C14H25N3O2/c1-14(8-4-2-5-9-14)13(18)17-10-6-3-7-11(17)12(15)16-19/h11,19H,2-10H2,1H3,(H2,15,16). The highest BCUT2D eigenvalue weighted by molar-refractivity contribution is 5.92. The van der Waals surface area contributed by atoms with Crippen molar-refractivity contribution in [1.82, 2.24) is 4.90 Å². The molecule has 1 aliphatic carbocycles. The molecule has 2 fully saturated rings. The second kappa shape index (κ2) is 5.80. The lowest BCUT2D eigenvalue weighted by Crippen LogP contribution is -2.55. The van der Waals surface area contributed by atoms with Gasteiger partial charge in [-0.25, -0.2) is 0 Å². The zero-order valence-electron chi connectivity index (χ0n) is 11.8. The van der Waals surface area contributed by atoms with Crippen molar-refractivity contribution in [3.05, 3.63) is 0 Å². The zero-order chi connectivity index (χ0) is 13.9. The van der Waals surface area contributed by atoms with Gasteiger partial charge in [-0.15, -0.1) is 0 Å². The summed E-state index contributed by atoms with van der Waals surface area (Å²) < 4.78 is 0. The molecule has 19 heavy (non-hydrogen) atoms. The molecule has 1 saturated heterocycles. The lowest BCUT2D eigenvalue weighted by atomic mass is 9.74. The molecular formula is C14H25N3O2. The van der Waals surface area contributed by atoms with E-state index in [0.717, 1.165) is 51.5 Å². The number of oxime groups is 1. The van der Waals surface area contributed by atoms with Crippen molar-refractivity contribution in [2.24, 2.45) is 16.3 Å². The Hall–Kier alpha value is -1.26. The molecule has 0 spiro atoms. The first kappa shape index (κ1) is 14.2. The Morgan fingerprint density at radius 3 is 2.58 bits per heavy atom. The van der Waals surface area contributed by atoms with Crippen LogP contribution in [-0.2, 0) is 4.79 Å². The SMILES string of the molecule is CC1(C(=O)N2CCCCC2C(N)=NO)CCCCC1. The van der Waals surface area contributed by atoms with Crippen LogP contribution in [0.4, 0.5) is 0 Å². The van der Waals surface area contributed by atoms with Crippen molar-refractivity contribution in [2.45, 2.75) is 64.3 Å². The van der Waals surface area contributed by atoms with E-state index in [1.165, 1.54) is 6.42 Å². The van der Waals surface area contributed by atoms with Gasteiger partial charge in [-0.2, -0.15) is 0 Å². The van der Waals surface area contributed by atoms with Gasteiger partial charge in [0.2, 0.25) is 5.91 Å². The van der Waals surface area contributed by atoms with E-state index < -0.39 is 0 Å². The number of piperidine rings is 1. The van der Waals surface area contributed by atoms with E-state index >= 15 is 0 Å². The summed E-state index contributed by atoms with van der Waals surface area (Å²) in [5, 5.41) is 12.0.